The highest BCUT2D eigenvalue weighted by atomic mass is 16.5. The lowest BCUT2D eigenvalue weighted by atomic mass is 10.0. The van der Waals surface area contributed by atoms with Gasteiger partial charge in [0.2, 0.25) is 5.91 Å². The number of amides is 3. The molecule has 2 aliphatic heterocycles. The molecule has 2 saturated heterocycles. The lowest BCUT2D eigenvalue weighted by Crippen LogP contribution is -2.55. The first-order valence-electron chi connectivity index (χ1n) is 11.6. The van der Waals surface area contributed by atoms with Crippen LogP contribution in [0.15, 0.2) is 40.9 Å². The van der Waals surface area contributed by atoms with Crippen LogP contribution < -0.4 is 5.32 Å². The van der Waals surface area contributed by atoms with Gasteiger partial charge in [-0.3, -0.25) is 4.79 Å². The molecule has 32 heavy (non-hydrogen) atoms. The van der Waals surface area contributed by atoms with Gasteiger partial charge in [-0.05, 0) is 32.1 Å². The van der Waals surface area contributed by atoms with Crippen molar-refractivity contribution in [3.63, 3.8) is 0 Å². The van der Waals surface area contributed by atoms with Crippen LogP contribution in [0.2, 0.25) is 0 Å². The van der Waals surface area contributed by atoms with E-state index in [1.165, 1.54) is 0 Å². The summed E-state index contributed by atoms with van der Waals surface area (Å²) in [6, 6.07) is 11.9. The highest BCUT2D eigenvalue weighted by molar-refractivity contribution is 5.80. The Morgan fingerprint density at radius 2 is 1.97 bits per heavy atom. The number of likely N-dealkylation sites (tertiary alicyclic amines) is 1. The maximum Gasteiger partial charge on any atom is 0.318 e. The van der Waals surface area contributed by atoms with Gasteiger partial charge < -0.3 is 24.4 Å². The van der Waals surface area contributed by atoms with Gasteiger partial charge in [0, 0.05) is 37.4 Å². The zero-order chi connectivity index (χ0) is 21.9. The van der Waals surface area contributed by atoms with Gasteiger partial charge in [-0.1, -0.05) is 35.5 Å². The molecular formula is C24H30N4O4. The number of hydrogen-bond acceptors (Lipinski definition) is 5. The van der Waals surface area contributed by atoms with Crippen LogP contribution in [0.3, 0.4) is 0 Å². The molecule has 3 aliphatic rings. The molecule has 3 amide bonds. The summed E-state index contributed by atoms with van der Waals surface area (Å²) in [6.07, 6.45) is 4.70. The zero-order valence-corrected chi connectivity index (χ0v) is 18.2. The Balaban J connectivity index is 1.20. The monoisotopic (exact) mass is 438 g/mol. The van der Waals surface area contributed by atoms with E-state index in [1.54, 1.807) is 0 Å². The smallest absolute Gasteiger partial charge is 0.318 e. The molecule has 8 nitrogen and oxygen atoms in total. The highest BCUT2D eigenvalue weighted by Gasteiger charge is 2.40. The molecule has 2 aromatic rings. The molecule has 1 N–H and O–H groups in total. The largest absolute Gasteiger partial charge is 0.381 e. The van der Waals surface area contributed by atoms with Gasteiger partial charge in [0.15, 0.2) is 5.76 Å². The summed E-state index contributed by atoms with van der Waals surface area (Å²) in [7, 11) is 0. The quantitative estimate of drug-likeness (QED) is 0.749. The Hall–Kier alpha value is -2.87. The van der Waals surface area contributed by atoms with Crippen LogP contribution in [-0.2, 0) is 16.1 Å². The summed E-state index contributed by atoms with van der Waals surface area (Å²) < 4.78 is 10.8. The first-order chi connectivity index (χ1) is 15.7. The van der Waals surface area contributed by atoms with Gasteiger partial charge in [-0.15, -0.1) is 0 Å². The number of carbonyl (C=O) groups is 2. The lowest BCUT2D eigenvalue weighted by Gasteiger charge is -2.40. The summed E-state index contributed by atoms with van der Waals surface area (Å²) in [6.45, 7) is 2.88. The van der Waals surface area contributed by atoms with E-state index in [9.17, 15) is 9.59 Å². The molecule has 170 valence electrons. The Morgan fingerprint density at radius 1 is 1.12 bits per heavy atom. The molecule has 1 saturated carbocycles. The molecule has 3 heterocycles. The number of hydrogen-bond donors (Lipinski definition) is 1. The first kappa shape index (κ1) is 21.0. The third kappa shape index (κ3) is 4.65. The second-order valence-electron chi connectivity index (χ2n) is 8.99. The van der Waals surface area contributed by atoms with Crippen LogP contribution in [0.5, 0.6) is 0 Å². The number of piperidine rings is 1. The normalized spacial score (nSPS) is 23.2. The van der Waals surface area contributed by atoms with Crippen molar-refractivity contribution < 1.29 is 18.8 Å². The van der Waals surface area contributed by atoms with Crippen LogP contribution in [0.25, 0.3) is 11.3 Å². The average molecular weight is 439 g/mol. The maximum atomic E-state index is 13.1. The molecule has 3 fully saturated rings. The minimum absolute atomic E-state index is 0.0251. The van der Waals surface area contributed by atoms with E-state index in [2.05, 4.69) is 10.5 Å². The molecule has 1 aromatic heterocycles. The maximum absolute atomic E-state index is 13.1. The number of nitrogens with one attached hydrogen (secondary N) is 1. The fraction of sp³-hybridized carbons (Fsp3) is 0.542. The van der Waals surface area contributed by atoms with Crippen LogP contribution >= 0.6 is 0 Å². The van der Waals surface area contributed by atoms with E-state index in [4.69, 9.17) is 9.26 Å². The third-order valence-electron chi connectivity index (χ3n) is 6.59. The predicted molar refractivity (Wildman–Crippen MR) is 118 cm³/mol. The van der Waals surface area contributed by atoms with E-state index in [0.29, 0.717) is 37.8 Å². The second kappa shape index (κ2) is 9.32. The summed E-state index contributed by atoms with van der Waals surface area (Å²) >= 11 is 0. The van der Waals surface area contributed by atoms with Gasteiger partial charge in [-0.2, -0.15) is 0 Å². The van der Waals surface area contributed by atoms with Gasteiger partial charge >= 0.3 is 6.03 Å². The summed E-state index contributed by atoms with van der Waals surface area (Å²) in [4.78, 5) is 29.9. The fourth-order valence-corrected chi connectivity index (χ4v) is 4.74. The topological polar surface area (TPSA) is 87.9 Å². The van der Waals surface area contributed by atoms with E-state index < -0.39 is 0 Å². The van der Waals surface area contributed by atoms with Crippen molar-refractivity contribution in [2.45, 2.75) is 50.7 Å². The van der Waals surface area contributed by atoms with Crippen molar-refractivity contribution in [2.24, 2.45) is 5.92 Å². The van der Waals surface area contributed by atoms with E-state index in [0.717, 1.165) is 44.2 Å². The zero-order valence-electron chi connectivity index (χ0n) is 18.2. The molecule has 0 radical (unpaired) electrons. The fourth-order valence-electron chi connectivity index (χ4n) is 4.74. The Kier molecular flexibility index (Phi) is 6.12. The lowest BCUT2D eigenvalue weighted by molar-refractivity contribution is -0.137. The molecule has 5 rings (SSSR count). The molecule has 8 heteroatoms. The molecule has 0 bridgehead atoms. The summed E-state index contributed by atoms with van der Waals surface area (Å²) in [5, 5.41) is 7.13. The third-order valence-corrected chi connectivity index (χ3v) is 6.59. The number of carbonyl (C=O) groups excluding carboxylic acids is 2. The van der Waals surface area contributed by atoms with Crippen LogP contribution in [-0.4, -0.2) is 65.3 Å². The van der Waals surface area contributed by atoms with E-state index >= 15 is 0 Å². The minimum atomic E-state index is -0.0831. The second-order valence-corrected chi connectivity index (χ2v) is 8.99. The summed E-state index contributed by atoms with van der Waals surface area (Å²) in [5.41, 5.74) is 1.64. The van der Waals surface area contributed by atoms with Crippen molar-refractivity contribution in [3.05, 3.63) is 42.1 Å². The summed E-state index contributed by atoms with van der Waals surface area (Å²) in [5.74, 6) is 0.841. The van der Waals surface area contributed by atoms with E-state index in [1.807, 2.05) is 46.2 Å². The number of ether oxygens (including phenoxy) is 1. The Morgan fingerprint density at radius 3 is 2.72 bits per heavy atom. The van der Waals surface area contributed by atoms with Crippen molar-refractivity contribution >= 4 is 11.9 Å². The molecule has 0 unspecified atom stereocenters. The van der Waals surface area contributed by atoms with Crippen molar-refractivity contribution in [1.82, 2.24) is 20.3 Å². The standard InChI is InChI=1S/C24H30N4O4/c29-23(18-10-12-31-16-18)27-11-4-7-21(15-27)28(20-8-9-20)24(30)25-14-19-13-22(32-26-19)17-5-2-1-3-6-17/h1-3,5-6,13,18,20-21H,4,7-12,14-16H2,(H,25,30)/t18-,21-/m1/s1. The van der Waals surface area contributed by atoms with Crippen LogP contribution in [0, 0.1) is 5.92 Å². The van der Waals surface area contributed by atoms with Crippen molar-refractivity contribution in [1.29, 1.82) is 0 Å². The number of nitrogens with zero attached hydrogens (tertiary/aromatic N) is 3. The predicted octanol–water partition coefficient (Wildman–Crippen LogP) is 3.04. The van der Waals surface area contributed by atoms with E-state index in [-0.39, 0.29) is 29.9 Å². The molecule has 2 atom stereocenters. The van der Waals surface area contributed by atoms with Crippen molar-refractivity contribution in [2.75, 3.05) is 26.3 Å². The van der Waals surface area contributed by atoms with Gasteiger partial charge in [0.1, 0.15) is 5.69 Å². The Bertz CT molecular complexity index is 936. The van der Waals surface area contributed by atoms with Gasteiger partial charge in [0.25, 0.3) is 0 Å². The SMILES string of the molecule is O=C([C@@H]1CCOC1)N1CCC[C@@H](N(C(=O)NCc2cc(-c3ccccc3)on2)C2CC2)C1. The van der Waals surface area contributed by atoms with Crippen LogP contribution in [0.4, 0.5) is 4.79 Å². The molecule has 1 aliphatic carbocycles. The van der Waals surface area contributed by atoms with Crippen LogP contribution in [0.1, 0.15) is 37.8 Å². The van der Waals surface area contributed by atoms with Gasteiger partial charge in [-0.25, -0.2) is 4.79 Å². The Labute approximate surface area is 187 Å². The average Bonchev–Trinajstić information content (AvgIpc) is 3.30. The molecule has 0 spiro atoms. The van der Waals surface area contributed by atoms with Gasteiger partial charge in [0.05, 0.1) is 25.1 Å². The first-order valence-corrected chi connectivity index (χ1v) is 11.6. The minimum Gasteiger partial charge on any atom is -0.381 e. The van der Waals surface area contributed by atoms with Crippen molar-refractivity contribution in [3.8, 4) is 11.3 Å². The number of aromatic nitrogens is 1. The molecule has 1 aromatic carbocycles. The molecular weight excluding hydrogens is 408 g/mol. The number of rotatable bonds is 6. The number of urea groups is 1. The number of benzene rings is 1. The highest BCUT2D eigenvalue weighted by Crippen LogP contribution is 2.32.